The average Bonchev–Trinajstić information content (AvgIpc) is 2.57. The minimum Gasteiger partial charge on any atom is -0.325 e. The molecule has 0 aromatic carbocycles. The zero-order valence-electron chi connectivity index (χ0n) is 8.11. The largest absolute Gasteiger partial charge is 0.325 e. The molecule has 2 aromatic heterocycles. The lowest BCUT2D eigenvalue weighted by Crippen LogP contribution is -2.08. The van der Waals surface area contributed by atoms with Crippen molar-refractivity contribution in [3.8, 4) is 0 Å². The molecule has 1 amide bonds. The van der Waals surface area contributed by atoms with Crippen LogP contribution in [-0.4, -0.2) is 15.3 Å². The Bertz CT molecular complexity index is 487. The molecule has 14 heavy (non-hydrogen) atoms. The molecule has 4 heteroatoms. The lowest BCUT2D eigenvalue weighted by molar-refractivity contribution is -0.114. The molecule has 4 nitrogen and oxygen atoms in total. The normalized spacial score (nSPS) is 10.4. The van der Waals surface area contributed by atoms with Crippen LogP contribution in [0.25, 0.3) is 5.65 Å². The van der Waals surface area contributed by atoms with Crippen LogP contribution >= 0.6 is 0 Å². The fourth-order valence-electron chi connectivity index (χ4n) is 1.45. The second-order valence-electron chi connectivity index (χ2n) is 3.17. The number of hydrogen-bond acceptors (Lipinski definition) is 2. The van der Waals surface area contributed by atoms with Crippen LogP contribution in [0.4, 0.5) is 5.69 Å². The molecule has 0 aliphatic heterocycles. The number of rotatable bonds is 1. The van der Waals surface area contributed by atoms with Gasteiger partial charge in [-0.15, -0.1) is 0 Å². The monoisotopic (exact) mass is 189 g/mol. The molecule has 2 aromatic rings. The van der Waals surface area contributed by atoms with Gasteiger partial charge in [0.25, 0.3) is 0 Å². The first-order valence-corrected chi connectivity index (χ1v) is 4.39. The summed E-state index contributed by atoms with van der Waals surface area (Å²) in [4.78, 5) is 15.1. The van der Waals surface area contributed by atoms with E-state index in [1.165, 1.54) is 6.92 Å². The molecule has 2 heterocycles. The summed E-state index contributed by atoms with van der Waals surface area (Å²) < 4.78 is 1.94. The number of pyridine rings is 1. The molecule has 0 atom stereocenters. The summed E-state index contributed by atoms with van der Waals surface area (Å²) in [6.45, 7) is 3.44. The van der Waals surface area contributed by atoms with E-state index >= 15 is 0 Å². The minimum atomic E-state index is -0.0624. The second-order valence-corrected chi connectivity index (χ2v) is 3.17. The van der Waals surface area contributed by atoms with Crippen molar-refractivity contribution in [3.05, 3.63) is 30.2 Å². The van der Waals surface area contributed by atoms with E-state index in [0.717, 1.165) is 17.0 Å². The number of anilines is 1. The van der Waals surface area contributed by atoms with Gasteiger partial charge in [-0.05, 0) is 19.1 Å². The Morgan fingerprint density at radius 1 is 1.50 bits per heavy atom. The Morgan fingerprint density at radius 2 is 2.29 bits per heavy atom. The summed E-state index contributed by atoms with van der Waals surface area (Å²) in [5.41, 5.74) is 2.69. The molecule has 0 aliphatic carbocycles. The summed E-state index contributed by atoms with van der Waals surface area (Å²) in [7, 11) is 0. The van der Waals surface area contributed by atoms with Crippen molar-refractivity contribution in [2.24, 2.45) is 0 Å². The number of nitrogens with one attached hydrogen (secondary N) is 1. The maximum Gasteiger partial charge on any atom is 0.221 e. The highest BCUT2D eigenvalue weighted by Gasteiger charge is 2.03. The smallest absolute Gasteiger partial charge is 0.221 e. The first-order chi connectivity index (χ1) is 6.68. The molecular weight excluding hydrogens is 178 g/mol. The second kappa shape index (κ2) is 3.14. The number of fused-ring (bicyclic) bond motifs is 1. The highest BCUT2D eigenvalue weighted by Crippen LogP contribution is 2.16. The third kappa shape index (κ3) is 1.35. The molecule has 0 spiro atoms. The molecule has 0 aliphatic rings. The maximum atomic E-state index is 10.9. The Morgan fingerprint density at radius 3 is 3.00 bits per heavy atom. The van der Waals surface area contributed by atoms with Crippen LogP contribution in [0.1, 0.15) is 12.6 Å². The molecule has 0 radical (unpaired) electrons. The summed E-state index contributed by atoms with van der Waals surface area (Å²) >= 11 is 0. The number of aryl methyl sites for hydroxylation is 1. The van der Waals surface area contributed by atoms with Gasteiger partial charge in [-0.1, -0.05) is 0 Å². The summed E-state index contributed by atoms with van der Waals surface area (Å²) in [5, 5.41) is 2.77. The molecule has 0 unspecified atom stereocenters. The van der Waals surface area contributed by atoms with Crippen molar-refractivity contribution in [3.63, 3.8) is 0 Å². The van der Waals surface area contributed by atoms with E-state index in [1.807, 2.05) is 29.7 Å². The molecule has 2 rings (SSSR count). The van der Waals surface area contributed by atoms with Crippen molar-refractivity contribution >= 4 is 17.2 Å². The molecule has 0 saturated heterocycles. The summed E-state index contributed by atoms with van der Waals surface area (Å²) in [5.74, 6) is -0.0624. The number of hydrogen-bond donors (Lipinski definition) is 1. The zero-order valence-corrected chi connectivity index (χ0v) is 8.11. The Balaban J connectivity index is 2.56. The van der Waals surface area contributed by atoms with Crippen LogP contribution in [0.15, 0.2) is 24.5 Å². The van der Waals surface area contributed by atoms with Crippen molar-refractivity contribution in [1.29, 1.82) is 0 Å². The van der Waals surface area contributed by atoms with Crippen LogP contribution < -0.4 is 5.32 Å². The van der Waals surface area contributed by atoms with Crippen LogP contribution in [0, 0.1) is 6.92 Å². The summed E-state index contributed by atoms with van der Waals surface area (Å²) in [6.07, 6.45) is 3.61. The number of imidazole rings is 1. The standard InChI is InChI=1S/C10H11N3O/c1-7-9(12-8(2)14)3-4-10-11-5-6-13(7)10/h3-6H,1-2H3,(H,12,14). The fourth-order valence-corrected chi connectivity index (χ4v) is 1.45. The zero-order chi connectivity index (χ0) is 10.1. The SMILES string of the molecule is CC(=O)Nc1ccc2nccn2c1C. The van der Waals surface area contributed by atoms with E-state index in [0.29, 0.717) is 0 Å². The van der Waals surface area contributed by atoms with Crippen molar-refractivity contribution in [2.75, 3.05) is 5.32 Å². The van der Waals surface area contributed by atoms with E-state index in [4.69, 9.17) is 0 Å². The molecule has 72 valence electrons. The number of amides is 1. The number of nitrogens with zero attached hydrogens (tertiary/aromatic N) is 2. The van der Waals surface area contributed by atoms with Gasteiger partial charge in [0, 0.05) is 25.0 Å². The Kier molecular flexibility index (Phi) is 1.96. The van der Waals surface area contributed by atoms with Gasteiger partial charge < -0.3 is 9.72 Å². The predicted octanol–water partition coefficient (Wildman–Crippen LogP) is 1.60. The van der Waals surface area contributed by atoms with Crippen LogP contribution in [0.5, 0.6) is 0 Å². The van der Waals surface area contributed by atoms with Gasteiger partial charge in [-0.25, -0.2) is 4.98 Å². The lowest BCUT2D eigenvalue weighted by Gasteiger charge is -2.07. The van der Waals surface area contributed by atoms with E-state index in [1.54, 1.807) is 6.20 Å². The van der Waals surface area contributed by atoms with Crippen molar-refractivity contribution in [2.45, 2.75) is 13.8 Å². The molecule has 0 saturated carbocycles. The molecule has 0 bridgehead atoms. The van der Waals surface area contributed by atoms with E-state index in [-0.39, 0.29) is 5.91 Å². The quantitative estimate of drug-likeness (QED) is 0.740. The molecular formula is C10H11N3O. The fraction of sp³-hybridized carbons (Fsp3) is 0.200. The van der Waals surface area contributed by atoms with Crippen LogP contribution in [0.2, 0.25) is 0 Å². The van der Waals surface area contributed by atoms with Gasteiger partial charge in [0.1, 0.15) is 5.65 Å². The average molecular weight is 189 g/mol. The van der Waals surface area contributed by atoms with Gasteiger partial charge in [-0.2, -0.15) is 0 Å². The van der Waals surface area contributed by atoms with Gasteiger partial charge in [-0.3, -0.25) is 4.79 Å². The van der Waals surface area contributed by atoms with E-state index < -0.39 is 0 Å². The lowest BCUT2D eigenvalue weighted by atomic mass is 10.3. The van der Waals surface area contributed by atoms with E-state index in [9.17, 15) is 4.79 Å². The Hall–Kier alpha value is -1.84. The molecule has 1 N–H and O–H groups in total. The highest BCUT2D eigenvalue weighted by molar-refractivity contribution is 5.89. The number of carbonyl (C=O) groups excluding carboxylic acids is 1. The minimum absolute atomic E-state index is 0.0624. The molecule has 0 fully saturated rings. The van der Waals surface area contributed by atoms with Crippen LogP contribution in [0.3, 0.4) is 0 Å². The van der Waals surface area contributed by atoms with Crippen molar-refractivity contribution in [1.82, 2.24) is 9.38 Å². The number of carbonyl (C=O) groups is 1. The third-order valence-corrected chi connectivity index (χ3v) is 2.13. The van der Waals surface area contributed by atoms with Crippen molar-refractivity contribution < 1.29 is 4.79 Å². The van der Waals surface area contributed by atoms with Crippen LogP contribution in [-0.2, 0) is 4.79 Å². The van der Waals surface area contributed by atoms with Gasteiger partial charge in [0.2, 0.25) is 5.91 Å². The maximum absolute atomic E-state index is 10.9. The predicted molar refractivity (Wildman–Crippen MR) is 54.2 cm³/mol. The number of aromatic nitrogens is 2. The Labute approximate surface area is 81.6 Å². The first-order valence-electron chi connectivity index (χ1n) is 4.39. The van der Waals surface area contributed by atoms with Gasteiger partial charge in [0.15, 0.2) is 0 Å². The third-order valence-electron chi connectivity index (χ3n) is 2.13. The highest BCUT2D eigenvalue weighted by atomic mass is 16.1. The topological polar surface area (TPSA) is 46.4 Å². The summed E-state index contributed by atoms with van der Waals surface area (Å²) in [6, 6.07) is 3.73. The van der Waals surface area contributed by atoms with E-state index in [2.05, 4.69) is 10.3 Å². The van der Waals surface area contributed by atoms with Gasteiger partial charge in [0.05, 0.1) is 5.69 Å². The first kappa shape index (κ1) is 8.74. The van der Waals surface area contributed by atoms with Gasteiger partial charge >= 0.3 is 0 Å².